The molecule has 2 unspecified atom stereocenters. The number of carbonyl (C=O) groups is 2. The van der Waals surface area contributed by atoms with E-state index in [1.54, 1.807) is 24.3 Å². The molecule has 0 saturated heterocycles. The highest BCUT2D eigenvalue weighted by Crippen LogP contribution is 2.29. The molecule has 1 aromatic rings. The van der Waals surface area contributed by atoms with Crippen LogP contribution in [-0.2, 0) is 4.79 Å². The number of Topliss-reactive ketones (excluding diaryl/α,β-unsaturated/α-hetero) is 1. The summed E-state index contributed by atoms with van der Waals surface area (Å²) in [7, 11) is 0. The number of fused-ring (bicyclic) bond motifs is 1. The highest BCUT2D eigenvalue weighted by molar-refractivity contribution is 6.04. The Labute approximate surface area is 97.9 Å². The van der Waals surface area contributed by atoms with Crippen LogP contribution in [-0.4, -0.2) is 22.8 Å². The molecule has 2 rings (SSSR count). The number of primary amides is 1. The number of benzene rings is 1. The van der Waals surface area contributed by atoms with Gasteiger partial charge in [0.15, 0.2) is 6.04 Å². The van der Waals surface area contributed by atoms with E-state index in [9.17, 15) is 14.7 Å². The Morgan fingerprint density at radius 2 is 2.12 bits per heavy atom. The number of nitrogens with two attached hydrogens (primary N) is 2. The lowest BCUT2D eigenvalue weighted by Crippen LogP contribution is -2.87. The number of aliphatic hydroxyl groups excluding tert-OH is 1. The summed E-state index contributed by atoms with van der Waals surface area (Å²) < 4.78 is 0. The number of carbonyl (C=O) groups excluding carboxylic acids is 2. The van der Waals surface area contributed by atoms with Gasteiger partial charge in [0.05, 0.1) is 12.3 Å². The average Bonchev–Trinajstić information content (AvgIpc) is 2.54. The molecule has 1 aliphatic rings. The summed E-state index contributed by atoms with van der Waals surface area (Å²) >= 11 is 0. The molecule has 0 saturated carbocycles. The fraction of sp³-hybridized carbons (Fsp3) is 0.167. The van der Waals surface area contributed by atoms with Gasteiger partial charge in [0.25, 0.3) is 0 Å². The lowest BCUT2D eigenvalue weighted by atomic mass is 10.1. The van der Waals surface area contributed by atoms with Crippen molar-refractivity contribution < 1.29 is 20.0 Å². The summed E-state index contributed by atoms with van der Waals surface area (Å²) in [4.78, 5) is 22.5. The molecule has 0 fully saturated rings. The first-order chi connectivity index (χ1) is 8.11. The molecule has 0 radical (unpaired) electrons. The quantitative estimate of drug-likeness (QED) is 0.575. The largest absolute Gasteiger partial charge is 0.382 e. The van der Waals surface area contributed by atoms with E-state index in [0.717, 1.165) is 6.08 Å². The molecule has 2 atom stereocenters. The molecular formula is C12H13N2O3+. The van der Waals surface area contributed by atoms with E-state index in [4.69, 9.17) is 5.73 Å². The number of hydrogen-bond donors (Lipinski definition) is 3. The summed E-state index contributed by atoms with van der Waals surface area (Å²) in [6, 6.07) is 6.31. The maximum Gasteiger partial charge on any atom is 0.246 e. The van der Waals surface area contributed by atoms with Crippen LogP contribution in [0.15, 0.2) is 36.5 Å². The predicted octanol–water partition coefficient (Wildman–Crippen LogP) is -1.15. The second-order valence-corrected chi connectivity index (χ2v) is 3.88. The topological polar surface area (TPSA) is 97.0 Å². The molecule has 17 heavy (non-hydrogen) atoms. The fourth-order valence-corrected chi connectivity index (χ4v) is 1.96. The molecular weight excluding hydrogens is 220 g/mol. The minimum absolute atomic E-state index is 0.137. The number of aliphatic hydroxyl groups is 1. The molecule has 1 aliphatic carbocycles. The van der Waals surface area contributed by atoms with Crippen LogP contribution < -0.4 is 11.1 Å². The maximum absolute atomic E-state index is 11.9. The Morgan fingerprint density at radius 3 is 2.76 bits per heavy atom. The van der Waals surface area contributed by atoms with Gasteiger partial charge in [-0.05, 0) is 5.56 Å². The van der Waals surface area contributed by atoms with E-state index >= 15 is 0 Å². The summed E-state index contributed by atoms with van der Waals surface area (Å²) in [5, 5.41) is 11.5. The Morgan fingerprint density at radius 1 is 1.41 bits per heavy atom. The predicted molar refractivity (Wildman–Crippen MR) is 59.8 cm³/mol. The van der Waals surface area contributed by atoms with Gasteiger partial charge in [-0.25, -0.2) is 0 Å². The highest BCUT2D eigenvalue weighted by atomic mass is 16.3. The Bertz CT molecular complexity index is 496. The van der Waals surface area contributed by atoms with Crippen molar-refractivity contribution in [2.24, 2.45) is 5.73 Å². The smallest absolute Gasteiger partial charge is 0.246 e. The van der Waals surface area contributed by atoms with Gasteiger partial charge in [0, 0.05) is 5.56 Å². The molecule has 0 aliphatic heterocycles. The third kappa shape index (κ3) is 2.11. The molecule has 0 bridgehead atoms. The van der Waals surface area contributed by atoms with Crippen LogP contribution in [0.3, 0.4) is 0 Å². The van der Waals surface area contributed by atoms with Gasteiger partial charge in [0.2, 0.25) is 11.7 Å². The van der Waals surface area contributed by atoms with Crippen molar-refractivity contribution in [1.29, 1.82) is 0 Å². The summed E-state index contributed by atoms with van der Waals surface area (Å²) in [6.45, 7) is 0. The third-order valence-electron chi connectivity index (χ3n) is 2.77. The lowest BCUT2D eigenvalue weighted by Gasteiger charge is -2.08. The van der Waals surface area contributed by atoms with Crippen molar-refractivity contribution >= 4 is 11.7 Å². The van der Waals surface area contributed by atoms with Crippen LogP contribution in [0.4, 0.5) is 0 Å². The summed E-state index contributed by atoms with van der Waals surface area (Å²) in [5.41, 5.74) is 6.10. The van der Waals surface area contributed by atoms with Gasteiger partial charge in [-0.15, -0.1) is 0 Å². The fourth-order valence-electron chi connectivity index (χ4n) is 1.96. The number of hydrogen-bond acceptors (Lipinski definition) is 3. The SMILES string of the molecule is NC(=O)C=C[NH2+]C1C(=O)c2ccccc2C1O. The van der Waals surface area contributed by atoms with Crippen LogP contribution in [0.1, 0.15) is 22.0 Å². The van der Waals surface area contributed by atoms with Gasteiger partial charge in [-0.3, -0.25) is 9.59 Å². The number of rotatable bonds is 3. The first-order valence-corrected chi connectivity index (χ1v) is 5.23. The van der Waals surface area contributed by atoms with E-state index in [2.05, 4.69) is 0 Å². The molecule has 5 nitrogen and oxygen atoms in total. The van der Waals surface area contributed by atoms with Crippen molar-refractivity contribution in [2.45, 2.75) is 12.1 Å². The van der Waals surface area contributed by atoms with E-state index in [0.29, 0.717) is 11.1 Å². The van der Waals surface area contributed by atoms with Crippen molar-refractivity contribution in [1.82, 2.24) is 0 Å². The number of amides is 1. The normalized spacial score (nSPS) is 23.0. The molecule has 1 amide bonds. The summed E-state index contributed by atoms with van der Waals surface area (Å²) in [6.07, 6.45) is 1.71. The molecule has 5 N–H and O–H groups in total. The zero-order chi connectivity index (χ0) is 12.4. The van der Waals surface area contributed by atoms with Crippen LogP contribution in [0.2, 0.25) is 0 Å². The Kier molecular flexibility index (Phi) is 3.03. The zero-order valence-electron chi connectivity index (χ0n) is 9.04. The van der Waals surface area contributed by atoms with Crippen LogP contribution in [0.25, 0.3) is 0 Å². The van der Waals surface area contributed by atoms with Gasteiger partial charge in [-0.1, -0.05) is 24.3 Å². The second-order valence-electron chi connectivity index (χ2n) is 3.88. The van der Waals surface area contributed by atoms with Gasteiger partial charge in [-0.2, -0.15) is 0 Å². The first-order valence-electron chi connectivity index (χ1n) is 5.23. The Balaban J connectivity index is 2.18. The summed E-state index contributed by atoms with van der Waals surface area (Å²) in [5.74, 6) is -0.721. The first kappa shape index (κ1) is 11.5. The van der Waals surface area contributed by atoms with Crippen LogP contribution in [0.5, 0.6) is 0 Å². The molecule has 0 aromatic heterocycles. The van der Waals surface area contributed by atoms with Crippen molar-refractivity contribution in [2.75, 3.05) is 0 Å². The average molecular weight is 233 g/mol. The van der Waals surface area contributed by atoms with Gasteiger partial charge < -0.3 is 16.2 Å². The monoisotopic (exact) mass is 233 g/mol. The molecule has 0 spiro atoms. The van der Waals surface area contributed by atoms with Crippen molar-refractivity contribution in [3.8, 4) is 0 Å². The minimum Gasteiger partial charge on any atom is -0.382 e. The van der Waals surface area contributed by atoms with Crippen molar-refractivity contribution in [3.63, 3.8) is 0 Å². The molecule has 5 heteroatoms. The number of ketones is 1. The zero-order valence-corrected chi connectivity index (χ0v) is 9.04. The van der Waals surface area contributed by atoms with E-state index in [-0.39, 0.29) is 5.78 Å². The molecule has 0 heterocycles. The van der Waals surface area contributed by atoms with Crippen LogP contribution >= 0.6 is 0 Å². The van der Waals surface area contributed by atoms with E-state index in [1.165, 1.54) is 11.5 Å². The minimum atomic E-state index is -0.851. The third-order valence-corrected chi connectivity index (χ3v) is 2.77. The standard InChI is InChI=1S/C12H12N2O3/c13-9(15)5-6-14-10-11(16)7-3-1-2-4-8(7)12(10)17/h1-6,10-11,14,16H,(H2,13,15)/p+1. The number of quaternary nitrogens is 1. The maximum atomic E-state index is 11.9. The van der Waals surface area contributed by atoms with E-state index in [1.807, 2.05) is 0 Å². The van der Waals surface area contributed by atoms with Gasteiger partial charge >= 0.3 is 0 Å². The van der Waals surface area contributed by atoms with Crippen molar-refractivity contribution in [3.05, 3.63) is 47.7 Å². The molecule has 88 valence electrons. The van der Waals surface area contributed by atoms with Crippen LogP contribution in [0, 0.1) is 0 Å². The molecule has 1 aromatic carbocycles. The second kappa shape index (κ2) is 4.48. The van der Waals surface area contributed by atoms with Gasteiger partial charge in [0.1, 0.15) is 6.10 Å². The highest BCUT2D eigenvalue weighted by Gasteiger charge is 2.40. The Hall–Kier alpha value is -1.98. The lowest BCUT2D eigenvalue weighted by molar-refractivity contribution is -0.619. The van der Waals surface area contributed by atoms with E-state index < -0.39 is 18.1 Å².